The van der Waals surface area contributed by atoms with Gasteiger partial charge >= 0.3 is 0 Å². The molecular weight excluding hydrogens is 266 g/mol. The van der Waals surface area contributed by atoms with Gasteiger partial charge in [0.2, 0.25) is 0 Å². The molecule has 112 valence electrons. The Morgan fingerprint density at radius 1 is 1.38 bits per heavy atom. The van der Waals surface area contributed by atoms with Crippen molar-refractivity contribution in [3.8, 4) is 17.1 Å². The van der Waals surface area contributed by atoms with Crippen LogP contribution in [0.1, 0.15) is 26.7 Å². The largest absolute Gasteiger partial charge is 0.494 e. The maximum absolute atomic E-state index is 5.95. The van der Waals surface area contributed by atoms with E-state index < -0.39 is 0 Å². The van der Waals surface area contributed by atoms with Crippen molar-refractivity contribution in [3.63, 3.8) is 0 Å². The van der Waals surface area contributed by atoms with Crippen molar-refractivity contribution in [1.29, 1.82) is 0 Å². The number of benzene rings is 1. The van der Waals surface area contributed by atoms with E-state index in [4.69, 9.17) is 10.5 Å². The number of hydrogen-bond donors (Lipinski definition) is 1. The molecule has 1 atom stereocenters. The van der Waals surface area contributed by atoms with Gasteiger partial charge in [-0.2, -0.15) is 0 Å². The summed E-state index contributed by atoms with van der Waals surface area (Å²) in [4.78, 5) is 0. The number of nitrogens with two attached hydrogens (primary N) is 1. The van der Waals surface area contributed by atoms with Crippen LogP contribution < -0.4 is 10.5 Å². The van der Waals surface area contributed by atoms with Crippen LogP contribution in [0.2, 0.25) is 0 Å². The smallest absolute Gasteiger partial charge is 0.182 e. The number of tetrazole rings is 1. The molecule has 6 nitrogen and oxygen atoms in total. The minimum absolute atomic E-state index is 0.597. The van der Waals surface area contributed by atoms with Crippen molar-refractivity contribution in [2.45, 2.75) is 33.2 Å². The molecule has 0 aliphatic heterocycles. The zero-order valence-electron chi connectivity index (χ0n) is 12.5. The highest BCUT2D eigenvalue weighted by Crippen LogP contribution is 2.37. The Bertz CT molecular complexity index is 620. The predicted octanol–water partition coefficient (Wildman–Crippen LogP) is 2.37. The van der Waals surface area contributed by atoms with Gasteiger partial charge in [-0.3, -0.25) is 0 Å². The fraction of sp³-hybridized carbons (Fsp3) is 0.533. The summed E-state index contributed by atoms with van der Waals surface area (Å²) in [6.07, 6.45) is 2.65. The summed E-state index contributed by atoms with van der Waals surface area (Å²) in [5.74, 6) is 2.91. The third-order valence-corrected chi connectivity index (χ3v) is 3.92. The average Bonchev–Trinajstić information content (AvgIpc) is 3.19. The molecule has 1 fully saturated rings. The summed E-state index contributed by atoms with van der Waals surface area (Å²) in [5, 5.41) is 12.1. The molecule has 1 saturated carbocycles. The summed E-state index contributed by atoms with van der Waals surface area (Å²) in [5.41, 5.74) is 7.50. The number of anilines is 1. The van der Waals surface area contributed by atoms with Crippen molar-refractivity contribution in [2.75, 3.05) is 12.3 Å². The number of hydrogen-bond acceptors (Lipinski definition) is 5. The normalized spacial score (nSPS) is 15.9. The van der Waals surface area contributed by atoms with Gasteiger partial charge in [-0.15, -0.1) is 5.10 Å². The van der Waals surface area contributed by atoms with Crippen LogP contribution in [0.4, 0.5) is 5.69 Å². The van der Waals surface area contributed by atoms with Gasteiger partial charge in [-0.1, -0.05) is 6.92 Å². The molecule has 0 bridgehead atoms. The minimum atomic E-state index is 0.597. The lowest BCUT2D eigenvalue weighted by atomic mass is 10.1. The van der Waals surface area contributed by atoms with Crippen molar-refractivity contribution < 1.29 is 4.74 Å². The lowest BCUT2D eigenvalue weighted by Crippen LogP contribution is -2.12. The molecule has 1 aliphatic carbocycles. The van der Waals surface area contributed by atoms with Crippen LogP contribution in [0.3, 0.4) is 0 Å². The van der Waals surface area contributed by atoms with E-state index in [1.165, 1.54) is 12.8 Å². The summed E-state index contributed by atoms with van der Waals surface area (Å²) in [6, 6.07) is 5.63. The molecule has 1 heterocycles. The van der Waals surface area contributed by atoms with Gasteiger partial charge < -0.3 is 10.5 Å². The van der Waals surface area contributed by atoms with Crippen LogP contribution in [0.5, 0.6) is 5.75 Å². The first-order valence-electron chi connectivity index (χ1n) is 7.47. The molecule has 6 heteroatoms. The number of aromatic nitrogens is 4. The quantitative estimate of drug-likeness (QED) is 0.825. The van der Waals surface area contributed by atoms with E-state index in [1.54, 1.807) is 0 Å². The van der Waals surface area contributed by atoms with Crippen LogP contribution in [0.25, 0.3) is 11.4 Å². The van der Waals surface area contributed by atoms with Crippen LogP contribution in [0.15, 0.2) is 18.2 Å². The van der Waals surface area contributed by atoms with Crippen molar-refractivity contribution in [2.24, 2.45) is 11.8 Å². The monoisotopic (exact) mass is 287 g/mol. The Morgan fingerprint density at radius 2 is 2.19 bits per heavy atom. The number of ether oxygens (including phenoxy) is 1. The first-order valence-corrected chi connectivity index (χ1v) is 7.47. The highest BCUT2D eigenvalue weighted by molar-refractivity contribution is 5.64. The van der Waals surface area contributed by atoms with Crippen LogP contribution in [-0.4, -0.2) is 26.8 Å². The molecule has 1 aliphatic rings. The molecular formula is C15H21N5O. The Kier molecular flexibility index (Phi) is 3.77. The molecule has 0 amide bonds. The van der Waals surface area contributed by atoms with Crippen LogP contribution in [0, 0.1) is 11.8 Å². The Hall–Kier alpha value is -2.11. The molecule has 1 aromatic carbocycles. The van der Waals surface area contributed by atoms with E-state index >= 15 is 0 Å². The average molecular weight is 287 g/mol. The van der Waals surface area contributed by atoms with E-state index in [1.807, 2.05) is 29.8 Å². The fourth-order valence-corrected chi connectivity index (χ4v) is 2.62. The van der Waals surface area contributed by atoms with Gasteiger partial charge in [-0.05, 0) is 54.2 Å². The fourth-order valence-electron chi connectivity index (χ4n) is 2.62. The van der Waals surface area contributed by atoms with Crippen LogP contribution >= 0.6 is 0 Å². The van der Waals surface area contributed by atoms with Gasteiger partial charge in [0.1, 0.15) is 5.75 Å². The number of rotatable bonds is 6. The molecule has 0 saturated heterocycles. The molecule has 1 unspecified atom stereocenters. The Morgan fingerprint density at radius 3 is 2.90 bits per heavy atom. The molecule has 2 N–H and O–H groups in total. The Labute approximate surface area is 124 Å². The third kappa shape index (κ3) is 3.15. The second-order valence-electron chi connectivity index (χ2n) is 5.72. The summed E-state index contributed by atoms with van der Waals surface area (Å²) < 4.78 is 7.41. The number of nitrogens with zero attached hydrogens (tertiary/aromatic N) is 4. The first-order chi connectivity index (χ1) is 10.2. The molecule has 0 spiro atoms. The predicted molar refractivity (Wildman–Crippen MR) is 80.7 cm³/mol. The van der Waals surface area contributed by atoms with E-state index in [9.17, 15) is 0 Å². The van der Waals surface area contributed by atoms with Crippen molar-refractivity contribution >= 4 is 5.69 Å². The molecule has 3 rings (SSSR count). The maximum atomic E-state index is 5.95. The summed E-state index contributed by atoms with van der Waals surface area (Å²) in [7, 11) is 0. The van der Waals surface area contributed by atoms with E-state index in [0.29, 0.717) is 18.2 Å². The van der Waals surface area contributed by atoms with Crippen LogP contribution in [-0.2, 0) is 6.54 Å². The molecule has 1 aromatic heterocycles. The van der Waals surface area contributed by atoms with Gasteiger partial charge in [-0.25, -0.2) is 4.68 Å². The molecule has 21 heavy (non-hydrogen) atoms. The number of nitrogen functional groups attached to an aromatic ring is 1. The zero-order valence-corrected chi connectivity index (χ0v) is 12.5. The highest BCUT2D eigenvalue weighted by atomic mass is 16.5. The van der Waals surface area contributed by atoms with Gasteiger partial charge in [0.15, 0.2) is 5.82 Å². The lowest BCUT2D eigenvalue weighted by Gasteiger charge is -2.12. The van der Waals surface area contributed by atoms with Crippen molar-refractivity contribution in [3.05, 3.63) is 18.2 Å². The third-order valence-electron chi connectivity index (χ3n) is 3.92. The lowest BCUT2D eigenvalue weighted by molar-refractivity contribution is 0.340. The van der Waals surface area contributed by atoms with Gasteiger partial charge in [0.25, 0.3) is 0 Å². The van der Waals surface area contributed by atoms with E-state index in [2.05, 4.69) is 22.4 Å². The van der Waals surface area contributed by atoms with E-state index in [-0.39, 0.29) is 0 Å². The molecule has 0 radical (unpaired) electrons. The van der Waals surface area contributed by atoms with Gasteiger partial charge in [0, 0.05) is 23.9 Å². The van der Waals surface area contributed by atoms with Crippen molar-refractivity contribution in [1.82, 2.24) is 20.2 Å². The topological polar surface area (TPSA) is 78.8 Å². The van der Waals surface area contributed by atoms with Gasteiger partial charge in [0.05, 0.1) is 6.61 Å². The highest BCUT2D eigenvalue weighted by Gasteiger charge is 2.29. The Balaban J connectivity index is 1.87. The first kappa shape index (κ1) is 13.9. The maximum Gasteiger partial charge on any atom is 0.182 e. The summed E-state index contributed by atoms with van der Waals surface area (Å²) >= 11 is 0. The second kappa shape index (κ2) is 5.71. The zero-order chi connectivity index (χ0) is 14.8. The van der Waals surface area contributed by atoms with E-state index in [0.717, 1.165) is 29.6 Å². The SMILES string of the molecule is CCOc1cc(N)cc(-c2nnnn2CC(C)C2CC2)c1. The minimum Gasteiger partial charge on any atom is -0.494 e. The standard InChI is InChI=1S/C15H21N5O/c1-3-21-14-7-12(6-13(16)8-14)15-17-18-19-20(15)9-10(2)11-4-5-11/h6-8,10-11H,3-5,9,16H2,1-2H3. The molecule has 2 aromatic rings. The second-order valence-corrected chi connectivity index (χ2v) is 5.72. The summed E-state index contributed by atoms with van der Waals surface area (Å²) in [6.45, 7) is 5.65.